The average molecular weight is 409 g/mol. The fourth-order valence-electron chi connectivity index (χ4n) is 3.51. The van der Waals surface area contributed by atoms with Crippen LogP contribution in [0.3, 0.4) is 0 Å². The summed E-state index contributed by atoms with van der Waals surface area (Å²) in [7, 11) is 0. The van der Waals surface area contributed by atoms with Crippen LogP contribution in [0.1, 0.15) is 30.4 Å². The smallest absolute Gasteiger partial charge is 0.410 e. The molecule has 158 valence electrons. The second-order valence-electron chi connectivity index (χ2n) is 7.90. The number of carbonyl (C=O) groups excluding carboxylic acids is 2. The number of carbonyl (C=O) groups is 2. The Morgan fingerprint density at radius 2 is 1.73 bits per heavy atom. The molecule has 1 saturated heterocycles. The van der Waals surface area contributed by atoms with E-state index >= 15 is 0 Å². The van der Waals surface area contributed by atoms with Crippen molar-refractivity contribution in [2.75, 3.05) is 13.1 Å². The zero-order valence-corrected chi connectivity index (χ0v) is 16.9. The van der Waals surface area contributed by atoms with E-state index in [1.807, 2.05) is 54.6 Å². The van der Waals surface area contributed by atoms with E-state index in [2.05, 4.69) is 0 Å². The maximum absolute atomic E-state index is 12.3. The molecule has 1 aliphatic heterocycles. The second kappa shape index (κ2) is 9.17. The van der Waals surface area contributed by atoms with Crippen molar-refractivity contribution in [3.8, 4) is 5.75 Å². The molecule has 1 saturated carbocycles. The van der Waals surface area contributed by atoms with E-state index in [9.17, 15) is 9.59 Å². The second-order valence-corrected chi connectivity index (χ2v) is 7.90. The van der Waals surface area contributed by atoms with Crippen LogP contribution in [0, 0.1) is 5.92 Å². The van der Waals surface area contributed by atoms with Gasteiger partial charge in [-0.3, -0.25) is 9.80 Å². The van der Waals surface area contributed by atoms with Crippen LogP contribution in [0.4, 0.5) is 4.79 Å². The first-order valence-corrected chi connectivity index (χ1v) is 10.4. The van der Waals surface area contributed by atoms with Gasteiger partial charge in [0.05, 0.1) is 13.1 Å². The maximum atomic E-state index is 12.3. The molecular formula is C23H27N3O4. The quantitative estimate of drug-likeness (QED) is 0.432. The lowest BCUT2D eigenvalue weighted by Gasteiger charge is -2.18. The molecule has 1 heterocycles. The minimum atomic E-state index is -0.316. The van der Waals surface area contributed by atoms with Gasteiger partial charge in [0.25, 0.3) is 0 Å². The van der Waals surface area contributed by atoms with Crippen molar-refractivity contribution in [3.63, 3.8) is 0 Å². The Morgan fingerprint density at radius 1 is 1.00 bits per heavy atom. The lowest BCUT2D eigenvalue weighted by atomic mass is 10.2. The zero-order valence-electron chi connectivity index (χ0n) is 16.9. The number of hydrogen-bond donors (Lipinski definition) is 1. The molecule has 7 nitrogen and oxygen atoms in total. The Morgan fingerprint density at radius 3 is 2.43 bits per heavy atom. The third kappa shape index (κ3) is 5.30. The van der Waals surface area contributed by atoms with Gasteiger partial charge in [-0.05, 0) is 36.1 Å². The highest BCUT2D eigenvalue weighted by atomic mass is 16.6. The fourth-order valence-corrected chi connectivity index (χ4v) is 3.51. The van der Waals surface area contributed by atoms with E-state index in [4.69, 9.17) is 15.3 Å². The third-order valence-corrected chi connectivity index (χ3v) is 5.40. The number of hydrogen-bond acceptors (Lipinski definition) is 5. The van der Waals surface area contributed by atoms with Crippen molar-refractivity contribution in [2.45, 2.75) is 38.5 Å². The minimum absolute atomic E-state index is 0.0144. The Balaban J connectivity index is 1.22. The molecule has 7 heteroatoms. The van der Waals surface area contributed by atoms with Gasteiger partial charge in [0.1, 0.15) is 18.5 Å². The first kappa shape index (κ1) is 20.2. The number of rotatable bonds is 7. The van der Waals surface area contributed by atoms with Crippen molar-refractivity contribution in [3.05, 3.63) is 65.7 Å². The van der Waals surface area contributed by atoms with Gasteiger partial charge < -0.3 is 14.4 Å². The number of nitrogens with zero attached hydrogens (tertiary/aromatic N) is 2. The summed E-state index contributed by atoms with van der Waals surface area (Å²) in [6.45, 7) is 1.77. The molecule has 2 aliphatic rings. The summed E-state index contributed by atoms with van der Waals surface area (Å²) >= 11 is 0. The van der Waals surface area contributed by atoms with Crippen molar-refractivity contribution >= 4 is 12.0 Å². The zero-order chi connectivity index (χ0) is 20.9. The number of hydrazine groups is 1. The number of likely N-dealkylation sites (tertiary alicyclic amines) is 1. The van der Waals surface area contributed by atoms with Crippen molar-refractivity contribution in [2.24, 2.45) is 11.8 Å². The predicted molar refractivity (Wildman–Crippen MR) is 111 cm³/mol. The van der Waals surface area contributed by atoms with E-state index in [-0.39, 0.29) is 30.6 Å². The molecule has 4 rings (SSSR count). The summed E-state index contributed by atoms with van der Waals surface area (Å²) in [5, 5.41) is 1.30. The first-order chi connectivity index (χ1) is 14.6. The van der Waals surface area contributed by atoms with Gasteiger partial charge in [0.15, 0.2) is 0 Å². The molecule has 0 spiro atoms. The minimum Gasteiger partial charge on any atom is -0.489 e. The van der Waals surface area contributed by atoms with Crippen LogP contribution in [-0.2, 0) is 22.7 Å². The summed E-state index contributed by atoms with van der Waals surface area (Å²) < 4.78 is 11.4. The number of nitrogens with two attached hydrogens (primary N) is 1. The number of ether oxygens (including phenoxy) is 2. The molecule has 2 amide bonds. The highest BCUT2D eigenvalue weighted by Crippen LogP contribution is 2.30. The highest BCUT2D eigenvalue weighted by molar-refractivity contribution is 5.80. The van der Waals surface area contributed by atoms with Gasteiger partial charge in [0.2, 0.25) is 5.91 Å². The predicted octanol–water partition coefficient (Wildman–Crippen LogP) is 3.09. The van der Waals surface area contributed by atoms with Gasteiger partial charge in [-0.2, -0.15) is 0 Å². The van der Waals surface area contributed by atoms with E-state index in [1.165, 1.54) is 5.01 Å². The highest BCUT2D eigenvalue weighted by Gasteiger charge is 2.32. The van der Waals surface area contributed by atoms with Gasteiger partial charge >= 0.3 is 6.09 Å². The van der Waals surface area contributed by atoms with Crippen LogP contribution in [0.5, 0.6) is 5.75 Å². The SMILES string of the molecule is NN(Cc1ccc(O[C@@H]2CCN(C(=O)OCc3ccccc3)C2)cc1)C(=O)C1CC1. The molecule has 1 aliphatic carbocycles. The van der Waals surface area contributed by atoms with E-state index in [0.717, 1.165) is 36.1 Å². The van der Waals surface area contributed by atoms with E-state index in [1.54, 1.807) is 4.90 Å². The molecule has 0 bridgehead atoms. The Bertz CT molecular complexity index is 868. The summed E-state index contributed by atoms with van der Waals surface area (Å²) in [4.78, 5) is 25.9. The molecular weight excluding hydrogens is 382 g/mol. The van der Waals surface area contributed by atoms with Crippen LogP contribution < -0.4 is 10.6 Å². The lowest BCUT2D eigenvalue weighted by molar-refractivity contribution is -0.133. The summed E-state index contributed by atoms with van der Waals surface area (Å²) in [5.41, 5.74) is 1.92. The standard InChI is InChI=1S/C23H27N3O4/c24-26(22(27)19-8-9-19)14-17-6-10-20(11-7-17)30-21-12-13-25(15-21)23(28)29-16-18-4-2-1-3-5-18/h1-7,10-11,19,21H,8-9,12-16,24H2/t21-/m1/s1. The largest absolute Gasteiger partial charge is 0.489 e. The van der Waals surface area contributed by atoms with Crippen molar-refractivity contribution < 1.29 is 19.1 Å². The number of benzene rings is 2. The molecule has 2 fully saturated rings. The lowest BCUT2D eigenvalue weighted by Crippen LogP contribution is -2.37. The number of amides is 2. The van der Waals surface area contributed by atoms with Gasteiger partial charge in [-0.1, -0.05) is 42.5 Å². The van der Waals surface area contributed by atoms with E-state index < -0.39 is 0 Å². The van der Waals surface area contributed by atoms with Crippen LogP contribution in [0.2, 0.25) is 0 Å². The van der Waals surface area contributed by atoms with Crippen molar-refractivity contribution in [1.29, 1.82) is 0 Å². The fraction of sp³-hybridized carbons (Fsp3) is 0.391. The van der Waals surface area contributed by atoms with Crippen LogP contribution in [0.15, 0.2) is 54.6 Å². The molecule has 30 heavy (non-hydrogen) atoms. The molecule has 0 aromatic heterocycles. The molecule has 0 radical (unpaired) electrons. The first-order valence-electron chi connectivity index (χ1n) is 10.4. The van der Waals surface area contributed by atoms with Gasteiger partial charge in [-0.15, -0.1) is 0 Å². The summed E-state index contributed by atoms with van der Waals surface area (Å²) in [5.74, 6) is 6.73. The summed E-state index contributed by atoms with van der Waals surface area (Å²) in [6.07, 6.45) is 2.26. The molecule has 2 N–H and O–H groups in total. The maximum Gasteiger partial charge on any atom is 0.410 e. The summed E-state index contributed by atoms with van der Waals surface area (Å²) in [6, 6.07) is 17.2. The molecule has 2 aromatic carbocycles. The van der Waals surface area contributed by atoms with Crippen molar-refractivity contribution in [1.82, 2.24) is 9.91 Å². The topological polar surface area (TPSA) is 85.1 Å². The molecule has 1 atom stereocenters. The monoisotopic (exact) mass is 409 g/mol. The average Bonchev–Trinajstić information content (AvgIpc) is 3.52. The van der Waals surface area contributed by atoms with Crippen LogP contribution in [-0.4, -0.2) is 41.1 Å². The van der Waals surface area contributed by atoms with Gasteiger partial charge in [-0.25, -0.2) is 10.6 Å². The van der Waals surface area contributed by atoms with E-state index in [0.29, 0.717) is 19.6 Å². The molecule has 2 aromatic rings. The third-order valence-electron chi connectivity index (χ3n) is 5.40. The Labute approximate surface area is 176 Å². The Hall–Kier alpha value is -3.06. The molecule has 0 unspecified atom stereocenters. The normalized spacial score (nSPS) is 18.2. The van der Waals surface area contributed by atoms with Gasteiger partial charge in [0, 0.05) is 18.9 Å². The van der Waals surface area contributed by atoms with Crippen LogP contribution >= 0.6 is 0 Å². The Kier molecular flexibility index (Phi) is 6.18. The van der Waals surface area contributed by atoms with Crippen LogP contribution in [0.25, 0.3) is 0 Å².